The van der Waals surface area contributed by atoms with Crippen molar-refractivity contribution < 1.29 is 29.3 Å². The Morgan fingerprint density at radius 3 is 2.29 bits per heavy atom. The Bertz CT molecular complexity index is 516. The van der Waals surface area contributed by atoms with E-state index in [1.165, 1.54) is 26.0 Å². The van der Waals surface area contributed by atoms with Crippen LogP contribution in [0.5, 0.6) is 11.5 Å². The van der Waals surface area contributed by atoms with Crippen LogP contribution in [0, 0.1) is 5.92 Å². The van der Waals surface area contributed by atoms with Crippen LogP contribution < -0.4 is 14.4 Å². The van der Waals surface area contributed by atoms with E-state index in [1.807, 2.05) is 0 Å². The molecule has 0 fully saturated rings. The standard InChI is InChI=1S/C14H19NO6/c1-9(14(18)19)7-15(8-13(16)17)10-4-5-11(20-2)12(6-10)21-3/h4-6,9H,7-8H2,1-3H3,(H,16,17)(H,18,19). The molecular formula is C14H19NO6. The number of aliphatic carboxylic acids is 2. The normalized spacial score (nSPS) is 11.6. The molecule has 0 aliphatic heterocycles. The number of anilines is 1. The van der Waals surface area contributed by atoms with Gasteiger partial charge in [-0.15, -0.1) is 0 Å². The summed E-state index contributed by atoms with van der Waals surface area (Å²) in [6, 6.07) is 4.93. The number of hydrogen-bond donors (Lipinski definition) is 2. The van der Waals surface area contributed by atoms with Gasteiger partial charge in [0.15, 0.2) is 11.5 Å². The molecule has 0 saturated heterocycles. The molecule has 116 valence electrons. The molecule has 21 heavy (non-hydrogen) atoms. The number of benzene rings is 1. The number of carboxylic acid groups (broad SMARTS) is 2. The Hall–Kier alpha value is -2.44. The van der Waals surface area contributed by atoms with Gasteiger partial charge >= 0.3 is 11.9 Å². The second-order valence-electron chi connectivity index (χ2n) is 4.55. The zero-order chi connectivity index (χ0) is 16.0. The molecule has 0 aromatic heterocycles. The lowest BCUT2D eigenvalue weighted by molar-refractivity contribution is -0.141. The fourth-order valence-corrected chi connectivity index (χ4v) is 1.85. The van der Waals surface area contributed by atoms with Gasteiger partial charge in [-0.05, 0) is 12.1 Å². The smallest absolute Gasteiger partial charge is 0.323 e. The van der Waals surface area contributed by atoms with Gasteiger partial charge in [-0.2, -0.15) is 0 Å². The third-order valence-electron chi connectivity index (χ3n) is 2.97. The van der Waals surface area contributed by atoms with Crippen molar-refractivity contribution >= 4 is 17.6 Å². The summed E-state index contributed by atoms with van der Waals surface area (Å²) in [7, 11) is 2.97. The molecule has 0 aliphatic rings. The Kier molecular flexibility index (Phi) is 5.83. The van der Waals surface area contributed by atoms with Gasteiger partial charge in [-0.1, -0.05) is 6.92 Å². The van der Waals surface area contributed by atoms with Gasteiger partial charge in [0.25, 0.3) is 0 Å². The Labute approximate surface area is 122 Å². The topological polar surface area (TPSA) is 96.3 Å². The van der Waals surface area contributed by atoms with Crippen LogP contribution in [0.2, 0.25) is 0 Å². The largest absolute Gasteiger partial charge is 0.493 e. The minimum Gasteiger partial charge on any atom is -0.493 e. The van der Waals surface area contributed by atoms with Crippen LogP contribution in [-0.2, 0) is 9.59 Å². The van der Waals surface area contributed by atoms with Crippen molar-refractivity contribution in [1.82, 2.24) is 0 Å². The van der Waals surface area contributed by atoms with E-state index in [2.05, 4.69) is 0 Å². The molecule has 1 aromatic carbocycles. The fraction of sp³-hybridized carbons (Fsp3) is 0.429. The molecule has 0 heterocycles. The van der Waals surface area contributed by atoms with E-state index < -0.39 is 17.9 Å². The summed E-state index contributed by atoms with van der Waals surface area (Å²) in [6.45, 7) is 1.31. The lowest BCUT2D eigenvalue weighted by Crippen LogP contribution is -2.35. The SMILES string of the molecule is COc1ccc(N(CC(=O)O)CC(C)C(=O)O)cc1OC. The fourth-order valence-electron chi connectivity index (χ4n) is 1.85. The van der Waals surface area contributed by atoms with Crippen LogP contribution in [0.3, 0.4) is 0 Å². The number of hydrogen-bond acceptors (Lipinski definition) is 5. The van der Waals surface area contributed by atoms with Crippen LogP contribution in [-0.4, -0.2) is 49.5 Å². The minimum absolute atomic E-state index is 0.0805. The number of nitrogens with zero attached hydrogens (tertiary/aromatic N) is 1. The zero-order valence-electron chi connectivity index (χ0n) is 12.2. The molecule has 1 rings (SSSR count). The van der Waals surface area contributed by atoms with Crippen molar-refractivity contribution in [3.05, 3.63) is 18.2 Å². The van der Waals surface area contributed by atoms with E-state index in [0.29, 0.717) is 17.2 Å². The molecule has 2 N–H and O–H groups in total. The van der Waals surface area contributed by atoms with Crippen molar-refractivity contribution in [2.24, 2.45) is 5.92 Å². The first kappa shape index (κ1) is 16.6. The summed E-state index contributed by atoms with van der Waals surface area (Å²) in [5.74, 6) is -1.75. The third-order valence-corrected chi connectivity index (χ3v) is 2.97. The van der Waals surface area contributed by atoms with Gasteiger partial charge in [0.2, 0.25) is 0 Å². The maximum absolute atomic E-state index is 11.0. The first-order valence-electron chi connectivity index (χ1n) is 6.30. The Morgan fingerprint density at radius 2 is 1.81 bits per heavy atom. The number of methoxy groups -OCH3 is 2. The first-order chi connectivity index (χ1) is 9.88. The van der Waals surface area contributed by atoms with Crippen LogP contribution in [0.1, 0.15) is 6.92 Å². The highest BCUT2D eigenvalue weighted by molar-refractivity contribution is 5.76. The molecule has 0 aliphatic carbocycles. The average Bonchev–Trinajstić information content (AvgIpc) is 2.45. The highest BCUT2D eigenvalue weighted by atomic mass is 16.5. The van der Waals surface area contributed by atoms with Crippen molar-refractivity contribution in [3.8, 4) is 11.5 Å². The maximum Gasteiger partial charge on any atom is 0.323 e. The average molecular weight is 297 g/mol. The summed E-state index contributed by atoms with van der Waals surface area (Å²) in [4.78, 5) is 23.4. The predicted octanol–water partition coefficient (Wildman–Crippen LogP) is 1.32. The molecule has 0 spiro atoms. The highest BCUT2D eigenvalue weighted by Gasteiger charge is 2.20. The number of carboxylic acids is 2. The van der Waals surface area contributed by atoms with E-state index in [-0.39, 0.29) is 13.1 Å². The molecule has 0 saturated carbocycles. The summed E-state index contributed by atoms with van der Waals surface area (Å²) in [6.07, 6.45) is 0. The Balaban J connectivity index is 3.07. The highest BCUT2D eigenvalue weighted by Crippen LogP contribution is 2.31. The van der Waals surface area contributed by atoms with Gasteiger partial charge < -0.3 is 24.6 Å². The molecular weight excluding hydrogens is 278 g/mol. The summed E-state index contributed by atoms with van der Waals surface area (Å²) in [5.41, 5.74) is 0.558. The predicted molar refractivity (Wildman–Crippen MR) is 76.2 cm³/mol. The monoisotopic (exact) mass is 297 g/mol. The molecule has 0 amide bonds. The van der Waals surface area contributed by atoms with E-state index in [4.69, 9.17) is 19.7 Å². The molecule has 0 radical (unpaired) electrons. The Morgan fingerprint density at radius 1 is 1.19 bits per heavy atom. The van der Waals surface area contributed by atoms with Crippen LogP contribution in [0.4, 0.5) is 5.69 Å². The molecule has 1 atom stereocenters. The summed E-state index contributed by atoms with van der Waals surface area (Å²) in [5, 5.41) is 18.0. The van der Waals surface area contributed by atoms with Crippen molar-refractivity contribution in [3.63, 3.8) is 0 Å². The summed E-state index contributed by atoms with van der Waals surface area (Å²) < 4.78 is 10.3. The second-order valence-corrected chi connectivity index (χ2v) is 4.55. The minimum atomic E-state index is -1.04. The van der Waals surface area contributed by atoms with E-state index in [0.717, 1.165) is 0 Å². The van der Waals surface area contributed by atoms with Crippen molar-refractivity contribution in [1.29, 1.82) is 0 Å². The molecule has 7 heteroatoms. The first-order valence-corrected chi connectivity index (χ1v) is 6.30. The molecule has 7 nitrogen and oxygen atoms in total. The number of rotatable bonds is 8. The van der Waals surface area contributed by atoms with Crippen LogP contribution in [0.15, 0.2) is 18.2 Å². The van der Waals surface area contributed by atoms with Gasteiger partial charge in [-0.3, -0.25) is 9.59 Å². The van der Waals surface area contributed by atoms with Gasteiger partial charge in [0.05, 0.1) is 20.1 Å². The van der Waals surface area contributed by atoms with Gasteiger partial charge in [0.1, 0.15) is 6.54 Å². The maximum atomic E-state index is 11.0. The van der Waals surface area contributed by atoms with Crippen molar-refractivity contribution in [2.45, 2.75) is 6.92 Å². The number of ether oxygens (including phenoxy) is 2. The molecule has 1 unspecified atom stereocenters. The van der Waals surface area contributed by atoms with Crippen molar-refractivity contribution in [2.75, 3.05) is 32.2 Å². The number of carbonyl (C=O) groups is 2. The molecule has 0 bridgehead atoms. The molecule has 1 aromatic rings. The zero-order valence-corrected chi connectivity index (χ0v) is 12.2. The third kappa shape index (κ3) is 4.55. The van der Waals surface area contributed by atoms with E-state index in [9.17, 15) is 9.59 Å². The quantitative estimate of drug-likeness (QED) is 0.746. The lowest BCUT2D eigenvalue weighted by atomic mass is 10.1. The van der Waals surface area contributed by atoms with Gasteiger partial charge in [-0.25, -0.2) is 0 Å². The summed E-state index contributed by atoms with van der Waals surface area (Å²) >= 11 is 0. The van der Waals surface area contributed by atoms with Gasteiger partial charge in [0, 0.05) is 18.3 Å². The second kappa shape index (κ2) is 7.37. The van der Waals surface area contributed by atoms with E-state index in [1.54, 1.807) is 18.2 Å². The lowest BCUT2D eigenvalue weighted by Gasteiger charge is -2.25. The van der Waals surface area contributed by atoms with E-state index >= 15 is 0 Å². The van der Waals surface area contributed by atoms with Crippen LogP contribution in [0.25, 0.3) is 0 Å². The van der Waals surface area contributed by atoms with Crippen LogP contribution >= 0.6 is 0 Å².